The normalized spacial score (nSPS) is 11.6. The summed E-state index contributed by atoms with van der Waals surface area (Å²) >= 11 is 2.85. The summed E-state index contributed by atoms with van der Waals surface area (Å²) in [6.45, 7) is 10.6. The third-order valence-corrected chi connectivity index (χ3v) is 4.74. The Labute approximate surface area is 167 Å². The van der Waals surface area contributed by atoms with Gasteiger partial charge in [-0.1, -0.05) is 31.8 Å². The number of carboxylic acid groups (broad SMARTS) is 1. The number of nitrogens with zero attached hydrogens (tertiary/aromatic N) is 1. The number of carbonyl (C=O) groups is 1. The van der Waals surface area contributed by atoms with Crippen LogP contribution >= 0.6 is 23.3 Å². The predicted molar refractivity (Wildman–Crippen MR) is 112 cm³/mol. The van der Waals surface area contributed by atoms with E-state index in [-0.39, 0.29) is 5.54 Å². The lowest BCUT2D eigenvalue weighted by Gasteiger charge is -2.24. The summed E-state index contributed by atoms with van der Waals surface area (Å²) in [5.41, 5.74) is 0.860. The molecule has 8 heteroatoms. The molecule has 150 valence electrons. The maximum absolute atomic E-state index is 13.2. The molecule has 2 aromatic rings. The molecular formula is C19H27FN2O3S2. The Kier molecular flexibility index (Phi) is 8.92. The number of fused-ring (bicyclic) bond motifs is 1. The molecule has 0 atom stereocenters. The average molecular weight is 415 g/mol. The van der Waals surface area contributed by atoms with Crippen LogP contribution in [0.4, 0.5) is 4.39 Å². The molecule has 2 N–H and O–H groups in total. The second-order valence-electron chi connectivity index (χ2n) is 6.64. The van der Waals surface area contributed by atoms with Crippen LogP contribution in [0.3, 0.4) is 0 Å². The first-order chi connectivity index (χ1) is 12.6. The smallest absolute Gasteiger partial charge is 0.368 e. The Bertz CT molecular complexity index is 843. The fourth-order valence-electron chi connectivity index (χ4n) is 2.09. The van der Waals surface area contributed by atoms with Gasteiger partial charge in [0.2, 0.25) is 5.83 Å². The number of aromatic amines is 1. The summed E-state index contributed by atoms with van der Waals surface area (Å²) in [6, 6.07) is 3.73. The highest BCUT2D eigenvalue weighted by molar-refractivity contribution is 7.98. The maximum atomic E-state index is 13.2. The number of ether oxygens (including phenoxy) is 1. The Hall–Kier alpha value is -1.93. The van der Waals surface area contributed by atoms with Crippen molar-refractivity contribution in [1.82, 2.24) is 8.94 Å². The lowest BCUT2D eigenvalue weighted by atomic mass is 10.1. The fraction of sp³-hybridized carbons (Fsp3) is 0.421. The molecule has 2 rings (SSSR count). The molecule has 0 bridgehead atoms. The number of benzene rings is 1. The molecule has 0 aliphatic heterocycles. The molecule has 0 unspecified atom stereocenters. The largest absolute Gasteiger partial charge is 0.476 e. The van der Waals surface area contributed by atoms with Crippen LogP contribution in [0.1, 0.15) is 41.0 Å². The van der Waals surface area contributed by atoms with Crippen LogP contribution in [-0.4, -0.2) is 26.3 Å². The van der Waals surface area contributed by atoms with E-state index in [9.17, 15) is 9.18 Å². The fourth-order valence-corrected chi connectivity index (χ4v) is 3.31. The topological polar surface area (TPSA) is 67.2 Å². The Morgan fingerprint density at radius 3 is 2.56 bits per heavy atom. The van der Waals surface area contributed by atoms with Crippen LogP contribution in [0.15, 0.2) is 41.5 Å². The van der Waals surface area contributed by atoms with E-state index in [4.69, 9.17) is 9.84 Å². The van der Waals surface area contributed by atoms with Gasteiger partial charge in [-0.25, -0.2) is 4.79 Å². The van der Waals surface area contributed by atoms with Gasteiger partial charge < -0.3 is 18.8 Å². The molecule has 0 radical (unpaired) electrons. The third kappa shape index (κ3) is 6.62. The minimum atomic E-state index is -1.66. The van der Waals surface area contributed by atoms with Gasteiger partial charge in [-0.05, 0) is 33.1 Å². The number of rotatable bonds is 4. The third-order valence-electron chi connectivity index (χ3n) is 3.18. The lowest BCUT2D eigenvalue weighted by Crippen LogP contribution is -2.21. The molecule has 0 saturated heterocycles. The van der Waals surface area contributed by atoms with E-state index in [2.05, 4.69) is 43.6 Å². The second-order valence-corrected chi connectivity index (χ2v) is 8.37. The number of aromatic nitrogens is 2. The van der Waals surface area contributed by atoms with Crippen LogP contribution in [0, 0.1) is 0 Å². The molecule has 0 aliphatic carbocycles. The van der Waals surface area contributed by atoms with Crippen molar-refractivity contribution in [3.8, 4) is 5.75 Å². The summed E-state index contributed by atoms with van der Waals surface area (Å²) in [5.74, 6) is -2.60. The van der Waals surface area contributed by atoms with Gasteiger partial charge in [0.25, 0.3) is 0 Å². The number of hydrogen-bond acceptors (Lipinski definition) is 4. The van der Waals surface area contributed by atoms with E-state index >= 15 is 0 Å². The summed E-state index contributed by atoms with van der Waals surface area (Å²) in [6.07, 6.45) is 7.55. The van der Waals surface area contributed by atoms with Crippen LogP contribution in [0.25, 0.3) is 10.2 Å². The van der Waals surface area contributed by atoms with Crippen molar-refractivity contribution in [2.45, 2.75) is 51.5 Å². The second kappa shape index (κ2) is 10.4. The van der Waals surface area contributed by atoms with Gasteiger partial charge in [0.1, 0.15) is 12.0 Å². The van der Waals surface area contributed by atoms with E-state index < -0.39 is 11.8 Å². The molecule has 27 heavy (non-hydrogen) atoms. The quantitative estimate of drug-likeness (QED) is 0.349. The van der Waals surface area contributed by atoms with Gasteiger partial charge >= 0.3 is 5.97 Å². The molecule has 1 aromatic heterocycles. The van der Waals surface area contributed by atoms with Gasteiger partial charge in [0.15, 0.2) is 0 Å². The number of halogens is 1. The Balaban J connectivity index is 0.00000114. The van der Waals surface area contributed by atoms with Gasteiger partial charge in [-0.15, -0.1) is 11.8 Å². The highest BCUT2D eigenvalue weighted by Gasteiger charge is 2.16. The zero-order chi connectivity index (χ0) is 20.6. The Morgan fingerprint density at radius 1 is 1.41 bits per heavy atom. The first-order valence-corrected chi connectivity index (χ1v) is 10.6. The van der Waals surface area contributed by atoms with Crippen molar-refractivity contribution in [2.24, 2.45) is 0 Å². The number of H-pyrrole nitrogens is 1. The van der Waals surface area contributed by atoms with E-state index in [1.165, 1.54) is 29.7 Å². The highest BCUT2D eigenvalue weighted by atomic mass is 32.2. The van der Waals surface area contributed by atoms with E-state index in [1.54, 1.807) is 6.07 Å². The molecule has 1 aromatic carbocycles. The summed E-state index contributed by atoms with van der Waals surface area (Å²) < 4.78 is 24.6. The van der Waals surface area contributed by atoms with Crippen molar-refractivity contribution in [1.29, 1.82) is 0 Å². The summed E-state index contributed by atoms with van der Waals surface area (Å²) in [5, 5.41) is 8.58. The first kappa shape index (κ1) is 23.1. The average Bonchev–Trinajstić information content (AvgIpc) is 2.80. The number of hydrogen-bond donors (Lipinski definition) is 2. The van der Waals surface area contributed by atoms with Crippen LogP contribution in [-0.2, 0) is 10.3 Å². The zero-order valence-electron chi connectivity index (χ0n) is 16.5. The maximum Gasteiger partial charge on any atom is 0.368 e. The SMILES string of the molecule is CCC.CSc1cc2c(cc1O/C=C(\F)C(=O)O)s[nH]ccn2C(C)(C)C. The van der Waals surface area contributed by atoms with Crippen LogP contribution in [0.2, 0.25) is 0 Å². The highest BCUT2D eigenvalue weighted by Crippen LogP contribution is 2.35. The molecule has 0 saturated carbocycles. The number of thioether (sulfide) groups is 1. The molecule has 0 amide bonds. The molecule has 1 heterocycles. The van der Waals surface area contributed by atoms with Crippen molar-refractivity contribution >= 4 is 39.5 Å². The minimum absolute atomic E-state index is 0.134. The number of carboxylic acids is 1. The number of aliphatic carboxylic acids is 1. The minimum Gasteiger partial charge on any atom is -0.476 e. The molecule has 0 aliphatic rings. The van der Waals surface area contributed by atoms with Crippen molar-refractivity contribution < 1.29 is 19.0 Å². The van der Waals surface area contributed by atoms with Crippen LogP contribution in [0.5, 0.6) is 5.75 Å². The lowest BCUT2D eigenvalue weighted by molar-refractivity contribution is -0.134. The summed E-state index contributed by atoms with van der Waals surface area (Å²) in [4.78, 5) is 11.3. The van der Waals surface area contributed by atoms with Crippen molar-refractivity contribution in [2.75, 3.05) is 6.26 Å². The van der Waals surface area contributed by atoms with Crippen molar-refractivity contribution in [3.05, 3.63) is 36.6 Å². The summed E-state index contributed by atoms with van der Waals surface area (Å²) in [7, 11) is 0. The van der Waals surface area contributed by atoms with Crippen LogP contribution < -0.4 is 4.74 Å². The zero-order valence-corrected chi connectivity index (χ0v) is 18.1. The molecule has 0 spiro atoms. The van der Waals surface area contributed by atoms with Gasteiger partial charge in [-0.2, -0.15) is 4.39 Å². The number of nitrogens with one attached hydrogen (secondary N) is 1. The molecule has 5 nitrogen and oxygen atoms in total. The molecular weight excluding hydrogens is 387 g/mol. The van der Waals surface area contributed by atoms with Gasteiger partial charge in [0, 0.05) is 24.0 Å². The van der Waals surface area contributed by atoms with E-state index in [0.29, 0.717) is 12.0 Å². The molecule has 0 fully saturated rings. The first-order valence-electron chi connectivity index (χ1n) is 8.51. The van der Waals surface area contributed by atoms with Gasteiger partial charge in [0.05, 0.1) is 15.1 Å². The monoisotopic (exact) mass is 414 g/mol. The standard InChI is InChI=1S/C16H19FN2O3S2.C3H8/c1-16(2,3)19-6-5-18-24-13-8-12(14(23-4)7-11(13)19)22-9-10(17)15(20)21;1-3-2/h5-9,18H,1-4H3,(H,20,21);3H2,1-2H3/b10-9-;. The van der Waals surface area contributed by atoms with E-state index in [1.807, 2.05) is 24.7 Å². The van der Waals surface area contributed by atoms with Gasteiger partial charge in [-0.3, -0.25) is 0 Å². The Morgan fingerprint density at radius 2 is 2.04 bits per heavy atom. The predicted octanol–water partition coefficient (Wildman–Crippen LogP) is 6.32. The van der Waals surface area contributed by atoms with E-state index in [0.717, 1.165) is 15.1 Å². The van der Waals surface area contributed by atoms with Crippen molar-refractivity contribution in [3.63, 3.8) is 0 Å².